The van der Waals surface area contributed by atoms with E-state index >= 15 is 0 Å². The molecule has 7 heteroatoms. The van der Waals surface area contributed by atoms with Gasteiger partial charge in [0.1, 0.15) is 5.82 Å². The number of aromatic amines is 1. The highest BCUT2D eigenvalue weighted by atomic mass is 32.1. The van der Waals surface area contributed by atoms with Crippen LogP contribution in [-0.2, 0) is 6.54 Å². The molecule has 1 aliphatic heterocycles. The molecule has 1 saturated heterocycles. The lowest BCUT2D eigenvalue weighted by Gasteiger charge is -2.39. The van der Waals surface area contributed by atoms with Gasteiger partial charge < -0.3 is 10.7 Å². The highest BCUT2D eigenvalue weighted by molar-refractivity contribution is 7.15. The lowest BCUT2D eigenvalue weighted by Crippen LogP contribution is -2.48. The van der Waals surface area contributed by atoms with E-state index in [-0.39, 0.29) is 0 Å². The first-order valence-corrected chi connectivity index (χ1v) is 7.73. The van der Waals surface area contributed by atoms with Crippen LogP contribution in [0.15, 0.2) is 18.6 Å². The molecule has 2 aromatic rings. The van der Waals surface area contributed by atoms with Gasteiger partial charge in [0.25, 0.3) is 0 Å². The number of nitrogens with zero attached hydrogens (tertiary/aromatic N) is 4. The van der Waals surface area contributed by atoms with Gasteiger partial charge in [-0.2, -0.15) is 0 Å². The summed E-state index contributed by atoms with van der Waals surface area (Å²) in [6, 6.07) is 0.342. The Morgan fingerprint density at radius 3 is 3.00 bits per heavy atom. The van der Waals surface area contributed by atoms with Gasteiger partial charge in [0.15, 0.2) is 5.13 Å². The van der Waals surface area contributed by atoms with Crippen molar-refractivity contribution in [2.75, 3.05) is 31.9 Å². The first kappa shape index (κ1) is 13.5. The number of hydrogen-bond acceptors (Lipinski definition) is 6. The summed E-state index contributed by atoms with van der Waals surface area (Å²) in [7, 11) is 0. The van der Waals surface area contributed by atoms with E-state index in [2.05, 4.69) is 31.7 Å². The number of thiazole rings is 1. The summed E-state index contributed by atoms with van der Waals surface area (Å²) >= 11 is 1.57. The summed E-state index contributed by atoms with van der Waals surface area (Å²) in [6.07, 6.45) is 5.60. The first-order chi connectivity index (χ1) is 9.76. The second kappa shape index (κ2) is 5.90. The fourth-order valence-corrected chi connectivity index (χ4v) is 3.46. The number of nitrogens with two attached hydrogens (primary N) is 1. The van der Waals surface area contributed by atoms with Crippen molar-refractivity contribution >= 4 is 16.5 Å². The standard InChI is InChI=1S/C13H20N6S/c1-2-19-6-5-18(8-10-7-17-13(14)20-10)9-11(19)12-15-3-4-16-12/h3-4,7,11H,2,5-6,8-9H2,1H3,(H2,14,17)(H,15,16). The largest absolute Gasteiger partial charge is 0.375 e. The van der Waals surface area contributed by atoms with Crippen molar-refractivity contribution in [2.45, 2.75) is 19.5 Å². The molecule has 0 aromatic carbocycles. The number of aromatic nitrogens is 3. The van der Waals surface area contributed by atoms with E-state index in [1.807, 2.05) is 18.6 Å². The van der Waals surface area contributed by atoms with Crippen LogP contribution < -0.4 is 5.73 Å². The third kappa shape index (κ3) is 2.84. The van der Waals surface area contributed by atoms with Crippen molar-refractivity contribution in [3.8, 4) is 0 Å². The SMILES string of the molecule is CCN1CCN(Cc2cnc(N)s2)CC1c1ncc[nH]1. The lowest BCUT2D eigenvalue weighted by molar-refractivity contribution is 0.0703. The number of H-pyrrole nitrogens is 1. The van der Waals surface area contributed by atoms with Crippen molar-refractivity contribution in [1.29, 1.82) is 0 Å². The van der Waals surface area contributed by atoms with Gasteiger partial charge >= 0.3 is 0 Å². The Morgan fingerprint density at radius 2 is 2.35 bits per heavy atom. The number of hydrogen-bond donors (Lipinski definition) is 2. The van der Waals surface area contributed by atoms with Crippen LogP contribution in [-0.4, -0.2) is 50.9 Å². The number of rotatable bonds is 4. The van der Waals surface area contributed by atoms with Crippen LogP contribution in [0.4, 0.5) is 5.13 Å². The van der Waals surface area contributed by atoms with E-state index in [1.54, 1.807) is 11.3 Å². The molecule has 0 saturated carbocycles. The normalized spacial score (nSPS) is 21.4. The van der Waals surface area contributed by atoms with Gasteiger partial charge in [-0.05, 0) is 6.54 Å². The minimum atomic E-state index is 0.342. The van der Waals surface area contributed by atoms with Crippen LogP contribution in [0.25, 0.3) is 0 Å². The quantitative estimate of drug-likeness (QED) is 0.889. The maximum absolute atomic E-state index is 5.70. The molecule has 1 atom stereocenters. The van der Waals surface area contributed by atoms with Gasteiger partial charge in [-0.15, -0.1) is 11.3 Å². The van der Waals surface area contributed by atoms with Gasteiger partial charge in [-0.1, -0.05) is 6.92 Å². The van der Waals surface area contributed by atoms with E-state index in [0.29, 0.717) is 11.2 Å². The second-order valence-electron chi connectivity index (χ2n) is 5.02. The molecule has 0 bridgehead atoms. The van der Waals surface area contributed by atoms with Crippen molar-refractivity contribution in [3.05, 3.63) is 29.3 Å². The third-order valence-corrected chi connectivity index (χ3v) is 4.58. The predicted octanol–water partition coefficient (Wildman–Crippen LogP) is 1.33. The first-order valence-electron chi connectivity index (χ1n) is 6.92. The van der Waals surface area contributed by atoms with Crippen LogP contribution in [0.2, 0.25) is 0 Å². The molecular weight excluding hydrogens is 272 g/mol. The van der Waals surface area contributed by atoms with Crippen molar-refractivity contribution in [2.24, 2.45) is 0 Å². The van der Waals surface area contributed by atoms with E-state index < -0.39 is 0 Å². The van der Waals surface area contributed by atoms with Gasteiger partial charge in [0.2, 0.25) is 0 Å². The fraction of sp³-hybridized carbons (Fsp3) is 0.538. The Bertz CT molecular complexity index is 537. The van der Waals surface area contributed by atoms with Crippen LogP contribution >= 0.6 is 11.3 Å². The fourth-order valence-electron chi connectivity index (χ4n) is 2.73. The smallest absolute Gasteiger partial charge is 0.180 e. The molecule has 3 N–H and O–H groups in total. The molecule has 2 aromatic heterocycles. The van der Waals surface area contributed by atoms with Gasteiger partial charge in [0, 0.05) is 49.6 Å². The molecule has 3 heterocycles. The lowest BCUT2D eigenvalue weighted by atomic mass is 10.1. The molecule has 1 fully saturated rings. The van der Waals surface area contributed by atoms with E-state index in [1.165, 1.54) is 4.88 Å². The molecule has 0 aliphatic carbocycles. The zero-order valence-corrected chi connectivity index (χ0v) is 12.4. The van der Waals surface area contributed by atoms with Crippen molar-refractivity contribution in [1.82, 2.24) is 24.8 Å². The maximum Gasteiger partial charge on any atom is 0.180 e. The third-order valence-electron chi connectivity index (χ3n) is 3.77. The second-order valence-corrected chi connectivity index (χ2v) is 6.17. The van der Waals surface area contributed by atoms with Crippen LogP contribution in [0.5, 0.6) is 0 Å². The molecule has 0 amide bonds. The number of nitrogen functional groups attached to an aromatic ring is 1. The molecule has 6 nitrogen and oxygen atoms in total. The van der Waals surface area contributed by atoms with E-state index in [9.17, 15) is 0 Å². The molecular formula is C13H20N6S. The maximum atomic E-state index is 5.70. The van der Waals surface area contributed by atoms with E-state index in [4.69, 9.17) is 5.73 Å². The Labute approximate surface area is 122 Å². The topological polar surface area (TPSA) is 74.1 Å². The number of anilines is 1. The van der Waals surface area contributed by atoms with Crippen LogP contribution in [0.3, 0.4) is 0 Å². The van der Waals surface area contributed by atoms with Crippen molar-refractivity contribution in [3.63, 3.8) is 0 Å². The highest BCUT2D eigenvalue weighted by Gasteiger charge is 2.28. The Morgan fingerprint density at radius 1 is 1.45 bits per heavy atom. The average molecular weight is 292 g/mol. The van der Waals surface area contributed by atoms with Gasteiger partial charge in [-0.25, -0.2) is 9.97 Å². The van der Waals surface area contributed by atoms with Gasteiger partial charge in [0.05, 0.1) is 6.04 Å². The molecule has 1 aliphatic rings. The highest BCUT2D eigenvalue weighted by Crippen LogP contribution is 2.25. The Balaban J connectivity index is 1.69. The summed E-state index contributed by atoms with van der Waals surface area (Å²) in [5, 5.41) is 0.648. The minimum absolute atomic E-state index is 0.342. The minimum Gasteiger partial charge on any atom is -0.375 e. The zero-order chi connectivity index (χ0) is 13.9. The summed E-state index contributed by atoms with van der Waals surface area (Å²) < 4.78 is 0. The zero-order valence-electron chi connectivity index (χ0n) is 11.6. The number of nitrogens with one attached hydrogen (secondary N) is 1. The molecule has 1 unspecified atom stereocenters. The predicted molar refractivity (Wildman–Crippen MR) is 80.4 cm³/mol. The molecule has 0 spiro atoms. The molecule has 20 heavy (non-hydrogen) atoms. The molecule has 0 radical (unpaired) electrons. The monoisotopic (exact) mass is 292 g/mol. The molecule has 3 rings (SSSR count). The summed E-state index contributed by atoms with van der Waals surface area (Å²) in [6.45, 7) is 7.30. The van der Waals surface area contributed by atoms with Crippen molar-refractivity contribution < 1.29 is 0 Å². The van der Waals surface area contributed by atoms with Crippen LogP contribution in [0.1, 0.15) is 23.7 Å². The summed E-state index contributed by atoms with van der Waals surface area (Å²) in [4.78, 5) is 18.0. The van der Waals surface area contributed by atoms with E-state index in [0.717, 1.165) is 38.5 Å². The summed E-state index contributed by atoms with van der Waals surface area (Å²) in [5.74, 6) is 1.06. The molecule has 108 valence electrons. The summed E-state index contributed by atoms with van der Waals surface area (Å²) in [5.41, 5.74) is 5.70. The number of likely N-dealkylation sites (N-methyl/N-ethyl adjacent to an activating group) is 1. The Hall–Kier alpha value is -1.44. The average Bonchev–Trinajstić information content (AvgIpc) is 3.10. The Kier molecular flexibility index (Phi) is 4.00. The van der Waals surface area contributed by atoms with Crippen LogP contribution in [0, 0.1) is 0 Å². The number of piperazine rings is 1. The van der Waals surface area contributed by atoms with Gasteiger partial charge in [-0.3, -0.25) is 9.80 Å². The number of imidazole rings is 1.